The van der Waals surface area contributed by atoms with Crippen LogP contribution in [0.3, 0.4) is 0 Å². The lowest BCUT2D eigenvalue weighted by molar-refractivity contribution is -0.127. The second-order valence-electron chi connectivity index (χ2n) is 3.90. The van der Waals surface area contributed by atoms with E-state index in [0.29, 0.717) is 12.5 Å². The summed E-state index contributed by atoms with van der Waals surface area (Å²) in [6.45, 7) is 6.36. The number of hydrogen-bond acceptors (Lipinski definition) is 1. The van der Waals surface area contributed by atoms with Gasteiger partial charge in [-0.2, -0.15) is 0 Å². The third kappa shape index (κ3) is 2.87. The fourth-order valence-electron chi connectivity index (χ4n) is 2.01. The molecule has 1 fully saturated rings. The Bertz CT molecular complexity index is 189. The first-order valence-electron chi connectivity index (χ1n) is 5.14. The average molecular weight is 181 g/mol. The van der Waals surface area contributed by atoms with Crippen molar-refractivity contribution in [2.45, 2.75) is 32.6 Å². The van der Waals surface area contributed by atoms with E-state index in [4.69, 9.17) is 0 Å². The van der Waals surface area contributed by atoms with Crippen molar-refractivity contribution >= 4 is 5.91 Å². The molecule has 0 bridgehead atoms. The van der Waals surface area contributed by atoms with E-state index in [9.17, 15) is 4.79 Å². The van der Waals surface area contributed by atoms with Gasteiger partial charge in [0.05, 0.1) is 0 Å². The van der Waals surface area contributed by atoms with E-state index < -0.39 is 0 Å². The quantitative estimate of drug-likeness (QED) is 0.664. The molecule has 2 unspecified atom stereocenters. The fraction of sp³-hybridized carbons (Fsp3) is 0.727. The van der Waals surface area contributed by atoms with Crippen molar-refractivity contribution in [3.05, 3.63) is 12.7 Å². The van der Waals surface area contributed by atoms with Crippen LogP contribution in [-0.2, 0) is 4.79 Å². The van der Waals surface area contributed by atoms with E-state index in [0.717, 1.165) is 6.42 Å². The summed E-state index contributed by atoms with van der Waals surface area (Å²) < 4.78 is 0. The molecule has 0 aromatic rings. The SMILES string of the molecule is C=CCNC(=O)C1CCCCC1C. The lowest BCUT2D eigenvalue weighted by Crippen LogP contribution is -2.35. The summed E-state index contributed by atoms with van der Waals surface area (Å²) in [4.78, 5) is 11.6. The largest absolute Gasteiger partial charge is 0.352 e. The molecule has 1 N–H and O–H groups in total. The molecule has 0 heterocycles. The molecular weight excluding hydrogens is 162 g/mol. The maximum atomic E-state index is 11.6. The molecule has 0 aromatic heterocycles. The molecule has 1 amide bonds. The summed E-state index contributed by atoms with van der Waals surface area (Å²) >= 11 is 0. The van der Waals surface area contributed by atoms with Gasteiger partial charge in [0.25, 0.3) is 0 Å². The number of carbonyl (C=O) groups excluding carboxylic acids is 1. The highest BCUT2D eigenvalue weighted by molar-refractivity contribution is 5.79. The van der Waals surface area contributed by atoms with Gasteiger partial charge >= 0.3 is 0 Å². The topological polar surface area (TPSA) is 29.1 Å². The molecular formula is C11H19NO. The average Bonchev–Trinajstić information content (AvgIpc) is 2.15. The van der Waals surface area contributed by atoms with Gasteiger partial charge in [-0.05, 0) is 18.8 Å². The van der Waals surface area contributed by atoms with Gasteiger partial charge in [-0.3, -0.25) is 4.79 Å². The van der Waals surface area contributed by atoms with E-state index in [1.807, 2.05) is 0 Å². The van der Waals surface area contributed by atoms with Crippen molar-refractivity contribution in [2.24, 2.45) is 11.8 Å². The van der Waals surface area contributed by atoms with E-state index >= 15 is 0 Å². The number of hydrogen-bond donors (Lipinski definition) is 1. The highest BCUT2D eigenvalue weighted by atomic mass is 16.1. The molecule has 2 heteroatoms. The van der Waals surface area contributed by atoms with E-state index in [-0.39, 0.29) is 11.8 Å². The van der Waals surface area contributed by atoms with E-state index in [2.05, 4.69) is 18.8 Å². The van der Waals surface area contributed by atoms with Crippen LogP contribution in [0.15, 0.2) is 12.7 Å². The fourth-order valence-corrected chi connectivity index (χ4v) is 2.01. The molecule has 13 heavy (non-hydrogen) atoms. The minimum Gasteiger partial charge on any atom is -0.352 e. The van der Waals surface area contributed by atoms with Crippen molar-refractivity contribution in [2.75, 3.05) is 6.54 Å². The maximum Gasteiger partial charge on any atom is 0.223 e. The molecule has 0 saturated heterocycles. The summed E-state index contributed by atoms with van der Waals surface area (Å²) in [5.41, 5.74) is 0. The second kappa shape index (κ2) is 5.05. The van der Waals surface area contributed by atoms with Crippen LogP contribution in [0.1, 0.15) is 32.6 Å². The van der Waals surface area contributed by atoms with E-state index in [1.54, 1.807) is 6.08 Å². The Morgan fingerprint density at radius 3 is 2.85 bits per heavy atom. The molecule has 2 nitrogen and oxygen atoms in total. The van der Waals surface area contributed by atoms with Crippen LogP contribution in [0.2, 0.25) is 0 Å². The van der Waals surface area contributed by atoms with Crippen molar-refractivity contribution in [3.8, 4) is 0 Å². The molecule has 1 saturated carbocycles. The molecule has 74 valence electrons. The Balaban J connectivity index is 2.39. The molecule has 0 radical (unpaired) electrons. The van der Waals surface area contributed by atoms with Gasteiger partial charge < -0.3 is 5.32 Å². The van der Waals surface area contributed by atoms with E-state index in [1.165, 1.54) is 19.3 Å². The summed E-state index contributed by atoms with van der Waals surface area (Å²) in [5.74, 6) is 1.01. The lowest BCUT2D eigenvalue weighted by Gasteiger charge is -2.27. The minimum atomic E-state index is 0.215. The van der Waals surface area contributed by atoms with Gasteiger partial charge in [-0.25, -0.2) is 0 Å². The zero-order valence-electron chi connectivity index (χ0n) is 8.38. The van der Waals surface area contributed by atoms with Crippen molar-refractivity contribution in [3.63, 3.8) is 0 Å². The first-order chi connectivity index (χ1) is 6.25. The third-order valence-corrected chi connectivity index (χ3v) is 2.87. The van der Waals surface area contributed by atoms with Crippen LogP contribution in [0, 0.1) is 11.8 Å². The summed E-state index contributed by atoms with van der Waals surface area (Å²) in [6.07, 6.45) is 6.48. The second-order valence-corrected chi connectivity index (χ2v) is 3.90. The molecule has 2 atom stereocenters. The normalized spacial score (nSPS) is 28.1. The molecule has 1 rings (SSSR count). The maximum absolute atomic E-state index is 11.6. The van der Waals surface area contributed by atoms with Crippen molar-refractivity contribution in [1.29, 1.82) is 0 Å². The van der Waals surface area contributed by atoms with Crippen LogP contribution < -0.4 is 5.32 Å². The number of carbonyl (C=O) groups is 1. The molecule has 0 aromatic carbocycles. The number of nitrogens with one attached hydrogen (secondary N) is 1. The monoisotopic (exact) mass is 181 g/mol. The van der Waals surface area contributed by atoms with Gasteiger partial charge in [-0.15, -0.1) is 6.58 Å². The van der Waals surface area contributed by atoms with Crippen LogP contribution in [-0.4, -0.2) is 12.5 Å². The van der Waals surface area contributed by atoms with Crippen LogP contribution in [0.4, 0.5) is 0 Å². The summed E-state index contributed by atoms with van der Waals surface area (Å²) in [7, 11) is 0. The Kier molecular flexibility index (Phi) is 4.00. The minimum absolute atomic E-state index is 0.215. The Labute approximate surface area is 80.4 Å². The van der Waals surface area contributed by atoms with Crippen LogP contribution in [0.5, 0.6) is 0 Å². The standard InChI is InChI=1S/C11H19NO/c1-3-8-12-11(13)10-7-5-4-6-9(10)2/h3,9-10H,1,4-8H2,2H3,(H,12,13). The predicted octanol–water partition coefficient (Wildman–Crippen LogP) is 2.11. The highest BCUT2D eigenvalue weighted by Gasteiger charge is 2.26. The number of amides is 1. The smallest absolute Gasteiger partial charge is 0.223 e. The van der Waals surface area contributed by atoms with Gasteiger partial charge in [0, 0.05) is 12.5 Å². The molecule has 1 aliphatic carbocycles. The Morgan fingerprint density at radius 1 is 1.54 bits per heavy atom. The highest BCUT2D eigenvalue weighted by Crippen LogP contribution is 2.29. The van der Waals surface area contributed by atoms with Gasteiger partial charge in [-0.1, -0.05) is 25.8 Å². The lowest BCUT2D eigenvalue weighted by atomic mass is 9.80. The van der Waals surface area contributed by atoms with Crippen molar-refractivity contribution in [1.82, 2.24) is 5.32 Å². The van der Waals surface area contributed by atoms with Crippen LogP contribution >= 0.6 is 0 Å². The first kappa shape index (κ1) is 10.3. The zero-order valence-corrected chi connectivity index (χ0v) is 8.38. The first-order valence-corrected chi connectivity index (χ1v) is 5.14. The van der Waals surface area contributed by atoms with Gasteiger partial charge in [0.15, 0.2) is 0 Å². The molecule has 0 aliphatic heterocycles. The van der Waals surface area contributed by atoms with Gasteiger partial charge in [0.1, 0.15) is 0 Å². The summed E-state index contributed by atoms with van der Waals surface area (Å²) in [5, 5.41) is 2.88. The molecule has 0 spiro atoms. The van der Waals surface area contributed by atoms with Crippen molar-refractivity contribution < 1.29 is 4.79 Å². The summed E-state index contributed by atoms with van der Waals surface area (Å²) in [6, 6.07) is 0. The third-order valence-electron chi connectivity index (χ3n) is 2.87. The zero-order chi connectivity index (χ0) is 9.68. The number of rotatable bonds is 3. The Morgan fingerprint density at radius 2 is 2.23 bits per heavy atom. The predicted molar refractivity (Wildman–Crippen MR) is 54.3 cm³/mol. The Hall–Kier alpha value is -0.790. The van der Waals surface area contributed by atoms with Crippen LogP contribution in [0.25, 0.3) is 0 Å². The van der Waals surface area contributed by atoms with Gasteiger partial charge in [0.2, 0.25) is 5.91 Å². The molecule has 1 aliphatic rings.